The molecule has 0 atom stereocenters. The molecule has 0 amide bonds. The summed E-state index contributed by atoms with van der Waals surface area (Å²) in [6, 6.07) is 0. The molecule has 1 N–H and O–H groups in total. The first-order valence-corrected chi connectivity index (χ1v) is 3.60. The van der Waals surface area contributed by atoms with Crippen LogP contribution in [0.4, 0.5) is 0 Å². The summed E-state index contributed by atoms with van der Waals surface area (Å²) in [6.07, 6.45) is 5.35. The molecule has 0 unspecified atom stereocenters. The van der Waals surface area contributed by atoms with Crippen LogP contribution in [0.2, 0.25) is 0 Å². The van der Waals surface area contributed by atoms with Crippen molar-refractivity contribution in [2.45, 2.75) is 13.3 Å². The monoisotopic (exact) mass is 127 g/mol. The fourth-order valence-electron chi connectivity index (χ4n) is 0.573. The van der Waals surface area contributed by atoms with Crippen LogP contribution in [0.25, 0.3) is 0 Å². The van der Waals surface area contributed by atoms with Crippen molar-refractivity contribution in [3.05, 3.63) is 23.3 Å². The van der Waals surface area contributed by atoms with Crippen LogP contribution < -0.4 is 4.72 Å². The summed E-state index contributed by atoms with van der Waals surface area (Å²) >= 11 is 1.62. The molecule has 1 aliphatic heterocycles. The van der Waals surface area contributed by atoms with E-state index in [9.17, 15) is 0 Å². The quantitative estimate of drug-likeness (QED) is 0.541. The molecule has 0 aromatic heterocycles. The SMILES string of the molecule is CCC=C1C=CSN1. The van der Waals surface area contributed by atoms with Crippen LogP contribution in [0, 0.1) is 0 Å². The van der Waals surface area contributed by atoms with Gasteiger partial charge >= 0.3 is 0 Å². The standard InChI is InChI=1S/C6H9NS/c1-2-3-6-4-5-8-7-6/h3-5,7H,2H2,1H3. The Balaban J connectivity index is 2.46. The molecule has 1 rings (SSSR count). The Hall–Kier alpha value is -0.370. The highest BCUT2D eigenvalue weighted by atomic mass is 32.2. The first kappa shape index (κ1) is 5.76. The van der Waals surface area contributed by atoms with Gasteiger partial charge in [-0.3, -0.25) is 0 Å². The first-order valence-electron chi connectivity index (χ1n) is 2.72. The van der Waals surface area contributed by atoms with E-state index in [0.717, 1.165) is 6.42 Å². The van der Waals surface area contributed by atoms with E-state index in [0.29, 0.717) is 0 Å². The van der Waals surface area contributed by atoms with Crippen molar-refractivity contribution in [1.29, 1.82) is 0 Å². The molecule has 0 saturated heterocycles. The average Bonchev–Trinajstić information content (AvgIpc) is 2.19. The second kappa shape index (κ2) is 2.82. The Labute approximate surface area is 54.0 Å². The van der Waals surface area contributed by atoms with Gasteiger partial charge in [0.25, 0.3) is 0 Å². The molecule has 1 nitrogen and oxygen atoms in total. The molecule has 2 heteroatoms. The highest BCUT2D eigenvalue weighted by molar-refractivity contribution is 8.00. The van der Waals surface area contributed by atoms with Gasteiger partial charge < -0.3 is 4.72 Å². The van der Waals surface area contributed by atoms with E-state index in [1.165, 1.54) is 5.70 Å². The fourth-order valence-corrected chi connectivity index (χ4v) is 1.14. The maximum absolute atomic E-state index is 3.12. The van der Waals surface area contributed by atoms with Gasteiger partial charge in [-0.2, -0.15) is 0 Å². The zero-order chi connectivity index (χ0) is 5.82. The molecule has 0 bridgehead atoms. The summed E-state index contributed by atoms with van der Waals surface area (Å²) in [5.74, 6) is 0. The zero-order valence-electron chi connectivity index (χ0n) is 4.85. The third-order valence-corrected chi connectivity index (χ3v) is 1.54. The predicted octanol–water partition coefficient (Wildman–Crippen LogP) is 2.05. The van der Waals surface area contributed by atoms with E-state index in [1.807, 2.05) is 5.41 Å². The third-order valence-electron chi connectivity index (χ3n) is 0.916. The Morgan fingerprint density at radius 2 is 2.75 bits per heavy atom. The Morgan fingerprint density at radius 1 is 1.88 bits per heavy atom. The minimum absolute atomic E-state index is 1.10. The van der Waals surface area contributed by atoms with Crippen LogP contribution in [-0.4, -0.2) is 0 Å². The second-order valence-electron chi connectivity index (χ2n) is 1.59. The molecule has 0 aromatic carbocycles. The van der Waals surface area contributed by atoms with Gasteiger partial charge in [-0.15, -0.1) is 0 Å². The van der Waals surface area contributed by atoms with Crippen molar-refractivity contribution in [3.63, 3.8) is 0 Å². The molecule has 0 aliphatic carbocycles. The van der Waals surface area contributed by atoms with Crippen LogP contribution in [0.15, 0.2) is 23.3 Å². The number of hydrogen-bond donors (Lipinski definition) is 1. The highest BCUT2D eigenvalue weighted by Gasteiger charge is 1.93. The van der Waals surface area contributed by atoms with Gasteiger partial charge in [0, 0.05) is 5.70 Å². The van der Waals surface area contributed by atoms with Gasteiger partial charge in [-0.05, 0) is 29.9 Å². The third kappa shape index (κ3) is 1.30. The van der Waals surface area contributed by atoms with Crippen LogP contribution >= 0.6 is 11.9 Å². The van der Waals surface area contributed by atoms with E-state index in [4.69, 9.17) is 0 Å². The van der Waals surface area contributed by atoms with Crippen molar-refractivity contribution < 1.29 is 0 Å². The Bertz CT molecular complexity index is 126. The minimum atomic E-state index is 1.10. The van der Waals surface area contributed by atoms with Crippen LogP contribution in [0.3, 0.4) is 0 Å². The lowest BCUT2D eigenvalue weighted by Gasteiger charge is -1.91. The van der Waals surface area contributed by atoms with E-state index >= 15 is 0 Å². The zero-order valence-corrected chi connectivity index (χ0v) is 5.66. The van der Waals surface area contributed by atoms with Crippen molar-refractivity contribution in [2.24, 2.45) is 0 Å². The van der Waals surface area contributed by atoms with E-state index in [1.54, 1.807) is 11.9 Å². The topological polar surface area (TPSA) is 12.0 Å². The van der Waals surface area contributed by atoms with Crippen LogP contribution in [0.1, 0.15) is 13.3 Å². The van der Waals surface area contributed by atoms with Crippen LogP contribution in [-0.2, 0) is 0 Å². The van der Waals surface area contributed by atoms with Gasteiger partial charge in [-0.25, -0.2) is 0 Å². The Kier molecular flexibility index (Phi) is 2.03. The van der Waals surface area contributed by atoms with Gasteiger partial charge in [0.15, 0.2) is 0 Å². The minimum Gasteiger partial charge on any atom is -0.326 e. The molecule has 1 aliphatic rings. The number of hydrogen-bond acceptors (Lipinski definition) is 2. The molecule has 0 spiro atoms. The normalized spacial score (nSPS) is 21.9. The lowest BCUT2D eigenvalue weighted by molar-refractivity contribution is 1.16. The number of nitrogens with one attached hydrogen (secondary N) is 1. The fraction of sp³-hybridized carbons (Fsp3) is 0.333. The predicted molar refractivity (Wildman–Crippen MR) is 38.2 cm³/mol. The van der Waals surface area contributed by atoms with E-state index in [-0.39, 0.29) is 0 Å². The summed E-state index contributed by atoms with van der Waals surface area (Å²) in [5, 5.41) is 2.04. The molecular weight excluding hydrogens is 118 g/mol. The molecule has 0 radical (unpaired) electrons. The molecule has 1 heterocycles. The van der Waals surface area contributed by atoms with Crippen molar-refractivity contribution in [2.75, 3.05) is 0 Å². The van der Waals surface area contributed by atoms with Crippen molar-refractivity contribution in [3.8, 4) is 0 Å². The van der Waals surface area contributed by atoms with Gasteiger partial charge in [0.1, 0.15) is 0 Å². The van der Waals surface area contributed by atoms with Crippen LogP contribution in [0.5, 0.6) is 0 Å². The largest absolute Gasteiger partial charge is 0.326 e. The summed E-state index contributed by atoms with van der Waals surface area (Å²) in [5.41, 5.74) is 1.23. The lowest BCUT2D eigenvalue weighted by Crippen LogP contribution is -1.91. The van der Waals surface area contributed by atoms with Gasteiger partial charge in [0.2, 0.25) is 0 Å². The molecular formula is C6H9NS. The second-order valence-corrected chi connectivity index (χ2v) is 2.30. The average molecular weight is 127 g/mol. The summed E-state index contributed by atoms with van der Waals surface area (Å²) in [7, 11) is 0. The summed E-state index contributed by atoms with van der Waals surface area (Å²) in [6.45, 7) is 2.13. The Morgan fingerprint density at radius 3 is 3.25 bits per heavy atom. The maximum atomic E-state index is 3.12. The number of rotatable bonds is 1. The first-order chi connectivity index (χ1) is 3.93. The highest BCUT2D eigenvalue weighted by Crippen LogP contribution is 2.11. The maximum Gasteiger partial charge on any atom is 0.0408 e. The summed E-state index contributed by atoms with van der Waals surface area (Å²) < 4.78 is 3.12. The van der Waals surface area contributed by atoms with Crippen molar-refractivity contribution >= 4 is 11.9 Å². The molecule has 8 heavy (non-hydrogen) atoms. The van der Waals surface area contributed by atoms with Gasteiger partial charge in [-0.1, -0.05) is 13.0 Å². The molecule has 44 valence electrons. The lowest BCUT2D eigenvalue weighted by atomic mass is 10.3. The van der Waals surface area contributed by atoms with Gasteiger partial charge in [0.05, 0.1) is 0 Å². The summed E-state index contributed by atoms with van der Waals surface area (Å²) in [4.78, 5) is 0. The molecule has 0 saturated carbocycles. The molecule has 0 fully saturated rings. The molecule has 0 aromatic rings. The van der Waals surface area contributed by atoms with Crippen molar-refractivity contribution in [1.82, 2.24) is 4.72 Å². The number of allylic oxidation sites excluding steroid dienone is 2. The van der Waals surface area contributed by atoms with E-state index < -0.39 is 0 Å². The van der Waals surface area contributed by atoms with E-state index in [2.05, 4.69) is 23.8 Å². The smallest absolute Gasteiger partial charge is 0.0408 e.